The van der Waals surface area contributed by atoms with Gasteiger partial charge in [-0.1, -0.05) is 6.07 Å². The summed E-state index contributed by atoms with van der Waals surface area (Å²) in [5, 5.41) is 3.47. The summed E-state index contributed by atoms with van der Waals surface area (Å²) in [5.41, 5.74) is 2.54. The van der Waals surface area contributed by atoms with E-state index in [0.717, 1.165) is 44.6 Å². The van der Waals surface area contributed by atoms with Crippen LogP contribution in [0.5, 0.6) is 0 Å². The van der Waals surface area contributed by atoms with Gasteiger partial charge in [0.2, 0.25) is 0 Å². The molecular formula is C16H21IN2O. The molecule has 0 radical (unpaired) electrons. The largest absolute Gasteiger partial charge is 0.339 e. The number of carbonyl (C=O) groups is 1. The lowest BCUT2D eigenvalue weighted by Crippen LogP contribution is -2.44. The first kappa shape index (κ1) is 14.3. The highest BCUT2D eigenvalue weighted by molar-refractivity contribution is 14.1. The van der Waals surface area contributed by atoms with Crippen LogP contribution in [0.4, 0.5) is 0 Å². The maximum Gasteiger partial charge on any atom is 0.253 e. The lowest BCUT2D eigenvalue weighted by molar-refractivity contribution is 0.0607. The zero-order chi connectivity index (χ0) is 14.2. The third-order valence-electron chi connectivity index (χ3n) is 4.86. The first-order valence-electron chi connectivity index (χ1n) is 7.36. The molecule has 2 saturated heterocycles. The standard InChI is InChI=1S/C16H21IN2O/c1-12-2-3-13(10-14(12)17)15(20)19-8-5-16(6-9-19)4-7-18-11-16/h2-3,10,18H,4-9,11H2,1H3. The molecule has 0 aromatic heterocycles. The van der Waals surface area contributed by atoms with Gasteiger partial charge in [-0.3, -0.25) is 4.79 Å². The quantitative estimate of drug-likeness (QED) is 0.756. The van der Waals surface area contributed by atoms with E-state index in [9.17, 15) is 4.79 Å². The van der Waals surface area contributed by atoms with Gasteiger partial charge in [-0.15, -0.1) is 0 Å². The summed E-state index contributed by atoms with van der Waals surface area (Å²) < 4.78 is 1.17. The Bertz CT molecular complexity index is 513. The highest BCUT2D eigenvalue weighted by atomic mass is 127. The second-order valence-corrected chi connectivity index (χ2v) is 7.35. The fourth-order valence-corrected chi connectivity index (χ4v) is 3.83. The maximum atomic E-state index is 12.6. The van der Waals surface area contributed by atoms with Gasteiger partial charge in [0.25, 0.3) is 5.91 Å². The molecule has 1 N–H and O–H groups in total. The van der Waals surface area contributed by atoms with Crippen LogP contribution in [0.1, 0.15) is 35.2 Å². The number of benzene rings is 1. The van der Waals surface area contributed by atoms with Gasteiger partial charge in [0.05, 0.1) is 0 Å². The molecule has 1 aromatic carbocycles. The fraction of sp³-hybridized carbons (Fsp3) is 0.562. The van der Waals surface area contributed by atoms with Gasteiger partial charge in [0, 0.05) is 28.8 Å². The molecule has 1 aromatic rings. The Kier molecular flexibility index (Phi) is 4.04. The van der Waals surface area contributed by atoms with Crippen molar-refractivity contribution in [2.45, 2.75) is 26.2 Å². The van der Waals surface area contributed by atoms with Crippen LogP contribution in [0, 0.1) is 15.9 Å². The molecule has 20 heavy (non-hydrogen) atoms. The van der Waals surface area contributed by atoms with Crippen LogP contribution in [0.2, 0.25) is 0 Å². The average Bonchev–Trinajstić information content (AvgIpc) is 2.90. The SMILES string of the molecule is Cc1ccc(C(=O)N2CCC3(CCNC3)CC2)cc1I. The number of amides is 1. The van der Waals surface area contributed by atoms with E-state index in [1.807, 2.05) is 23.1 Å². The molecule has 108 valence electrons. The average molecular weight is 384 g/mol. The minimum Gasteiger partial charge on any atom is -0.339 e. The van der Waals surface area contributed by atoms with Crippen molar-refractivity contribution in [3.63, 3.8) is 0 Å². The monoisotopic (exact) mass is 384 g/mol. The molecule has 4 heteroatoms. The van der Waals surface area contributed by atoms with E-state index in [0.29, 0.717) is 5.41 Å². The molecule has 3 nitrogen and oxygen atoms in total. The van der Waals surface area contributed by atoms with E-state index in [1.54, 1.807) is 0 Å². The van der Waals surface area contributed by atoms with Gasteiger partial charge in [0.15, 0.2) is 0 Å². The molecule has 1 spiro atoms. The summed E-state index contributed by atoms with van der Waals surface area (Å²) in [6.07, 6.45) is 3.57. The second kappa shape index (κ2) is 5.64. The molecule has 0 unspecified atom stereocenters. The molecule has 2 fully saturated rings. The number of nitrogens with one attached hydrogen (secondary N) is 1. The van der Waals surface area contributed by atoms with Crippen molar-refractivity contribution < 1.29 is 4.79 Å². The number of piperidine rings is 1. The Balaban J connectivity index is 1.68. The van der Waals surface area contributed by atoms with Crippen molar-refractivity contribution >= 4 is 28.5 Å². The van der Waals surface area contributed by atoms with Gasteiger partial charge in [-0.05, 0) is 78.4 Å². The van der Waals surface area contributed by atoms with Crippen molar-refractivity contribution in [3.05, 3.63) is 32.9 Å². The molecule has 0 saturated carbocycles. The second-order valence-electron chi connectivity index (χ2n) is 6.18. The fourth-order valence-electron chi connectivity index (χ4n) is 3.31. The summed E-state index contributed by atoms with van der Waals surface area (Å²) in [7, 11) is 0. The van der Waals surface area contributed by atoms with Crippen molar-refractivity contribution in [3.8, 4) is 0 Å². The third kappa shape index (κ3) is 2.72. The van der Waals surface area contributed by atoms with Crippen LogP contribution in [0.25, 0.3) is 0 Å². The highest BCUT2D eigenvalue weighted by Crippen LogP contribution is 2.37. The summed E-state index contributed by atoms with van der Waals surface area (Å²) >= 11 is 2.30. The van der Waals surface area contributed by atoms with Crippen LogP contribution in [0.3, 0.4) is 0 Å². The summed E-state index contributed by atoms with van der Waals surface area (Å²) in [4.78, 5) is 14.6. The number of halogens is 1. The lowest BCUT2D eigenvalue weighted by Gasteiger charge is -2.39. The molecule has 0 bridgehead atoms. The van der Waals surface area contributed by atoms with Crippen molar-refractivity contribution in [1.82, 2.24) is 10.2 Å². The lowest BCUT2D eigenvalue weighted by atomic mass is 9.78. The predicted molar refractivity (Wildman–Crippen MR) is 89.0 cm³/mol. The molecule has 1 amide bonds. The molecule has 2 heterocycles. The predicted octanol–water partition coefficient (Wildman–Crippen LogP) is 2.82. The number of rotatable bonds is 1. The molecule has 0 aliphatic carbocycles. The number of aryl methyl sites for hydroxylation is 1. The number of nitrogens with zero attached hydrogens (tertiary/aromatic N) is 1. The van der Waals surface area contributed by atoms with Crippen molar-refractivity contribution in [2.75, 3.05) is 26.2 Å². The Morgan fingerprint density at radius 3 is 2.65 bits per heavy atom. The van der Waals surface area contributed by atoms with Gasteiger partial charge < -0.3 is 10.2 Å². The number of hydrogen-bond donors (Lipinski definition) is 1. The third-order valence-corrected chi connectivity index (χ3v) is 6.02. The van der Waals surface area contributed by atoms with E-state index in [2.05, 4.69) is 34.8 Å². The van der Waals surface area contributed by atoms with Gasteiger partial charge in [-0.25, -0.2) is 0 Å². The normalized spacial score (nSPS) is 21.4. The first-order chi connectivity index (χ1) is 9.60. The zero-order valence-electron chi connectivity index (χ0n) is 11.9. The summed E-state index contributed by atoms with van der Waals surface area (Å²) in [6, 6.07) is 6.02. The molecule has 0 atom stereocenters. The molecular weight excluding hydrogens is 363 g/mol. The van der Waals surface area contributed by atoms with E-state index in [-0.39, 0.29) is 5.91 Å². The molecule has 3 rings (SSSR count). The van der Waals surface area contributed by atoms with Crippen molar-refractivity contribution in [2.24, 2.45) is 5.41 Å². The smallest absolute Gasteiger partial charge is 0.253 e. The van der Waals surface area contributed by atoms with E-state index >= 15 is 0 Å². The van der Waals surface area contributed by atoms with Crippen LogP contribution in [-0.2, 0) is 0 Å². The Morgan fingerprint density at radius 1 is 1.30 bits per heavy atom. The number of carbonyl (C=O) groups excluding carboxylic acids is 1. The molecule has 2 aliphatic rings. The van der Waals surface area contributed by atoms with Gasteiger partial charge >= 0.3 is 0 Å². The van der Waals surface area contributed by atoms with Crippen LogP contribution in [0.15, 0.2) is 18.2 Å². The Morgan fingerprint density at radius 2 is 2.05 bits per heavy atom. The number of likely N-dealkylation sites (tertiary alicyclic amines) is 1. The number of hydrogen-bond acceptors (Lipinski definition) is 2. The van der Waals surface area contributed by atoms with Gasteiger partial charge in [0.1, 0.15) is 0 Å². The zero-order valence-corrected chi connectivity index (χ0v) is 14.1. The maximum absolute atomic E-state index is 12.6. The minimum atomic E-state index is 0.198. The van der Waals surface area contributed by atoms with Crippen LogP contribution in [-0.4, -0.2) is 37.0 Å². The Labute approximate surface area is 134 Å². The highest BCUT2D eigenvalue weighted by Gasteiger charge is 2.38. The van der Waals surface area contributed by atoms with Gasteiger partial charge in [-0.2, -0.15) is 0 Å². The van der Waals surface area contributed by atoms with Crippen LogP contribution < -0.4 is 5.32 Å². The summed E-state index contributed by atoms with van der Waals surface area (Å²) in [6.45, 7) is 6.17. The van der Waals surface area contributed by atoms with E-state index < -0.39 is 0 Å². The Hall–Kier alpha value is -0.620. The minimum absolute atomic E-state index is 0.198. The topological polar surface area (TPSA) is 32.3 Å². The summed E-state index contributed by atoms with van der Waals surface area (Å²) in [5.74, 6) is 0.198. The van der Waals surface area contributed by atoms with E-state index in [1.165, 1.54) is 15.6 Å². The first-order valence-corrected chi connectivity index (χ1v) is 8.44. The molecule has 2 aliphatic heterocycles. The van der Waals surface area contributed by atoms with Crippen molar-refractivity contribution in [1.29, 1.82) is 0 Å². The van der Waals surface area contributed by atoms with E-state index in [4.69, 9.17) is 0 Å². The van der Waals surface area contributed by atoms with Crippen LogP contribution >= 0.6 is 22.6 Å².